The van der Waals surface area contributed by atoms with Gasteiger partial charge in [-0.05, 0) is 38.1 Å². The van der Waals surface area contributed by atoms with Crippen LogP contribution in [-0.4, -0.2) is 9.78 Å². The molecule has 2 aromatic rings. The molecule has 0 fully saturated rings. The number of hydrogen-bond acceptors (Lipinski definition) is 2. The molecule has 21 heavy (non-hydrogen) atoms. The highest BCUT2D eigenvalue weighted by molar-refractivity contribution is 6.33. The van der Waals surface area contributed by atoms with Gasteiger partial charge in [0.2, 0.25) is 0 Å². The fourth-order valence-electron chi connectivity index (χ4n) is 2.04. The molecule has 1 aromatic carbocycles. The minimum atomic E-state index is -4.39. The van der Waals surface area contributed by atoms with Crippen LogP contribution in [0.4, 0.5) is 18.9 Å². The van der Waals surface area contributed by atoms with E-state index < -0.39 is 11.7 Å². The fraction of sp³-hybridized carbons (Fsp3) is 0.357. The van der Waals surface area contributed by atoms with Crippen LogP contribution >= 0.6 is 11.6 Å². The van der Waals surface area contributed by atoms with Gasteiger partial charge in [-0.15, -0.1) is 0 Å². The van der Waals surface area contributed by atoms with Gasteiger partial charge in [-0.3, -0.25) is 4.68 Å². The number of nitrogens with one attached hydrogen (secondary N) is 1. The van der Waals surface area contributed by atoms with Gasteiger partial charge in [0.15, 0.2) is 0 Å². The molecule has 3 nitrogen and oxygen atoms in total. The smallest absolute Gasteiger partial charge is 0.378 e. The van der Waals surface area contributed by atoms with Crippen LogP contribution in [0.2, 0.25) is 5.02 Å². The van der Waals surface area contributed by atoms with E-state index >= 15 is 0 Å². The molecule has 0 saturated carbocycles. The van der Waals surface area contributed by atoms with Gasteiger partial charge in [0.1, 0.15) is 0 Å². The number of hydrogen-bond donors (Lipinski definition) is 1. The molecule has 1 N–H and O–H groups in total. The molecule has 0 aliphatic carbocycles. The molecule has 114 valence electrons. The second kappa shape index (κ2) is 5.97. The lowest BCUT2D eigenvalue weighted by atomic mass is 10.2. The summed E-state index contributed by atoms with van der Waals surface area (Å²) in [5, 5.41) is 7.47. The van der Waals surface area contributed by atoms with E-state index in [0.29, 0.717) is 13.1 Å². The van der Waals surface area contributed by atoms with E-state index in [-0.39, 0.29) is 10.7 Å². The monoisotopic (exact) mass is 317 g/mol. The van der Waals surface area contributed by atoms with E-state index in [4.69, 9.17) is 11.6 Å². The highest BCUT2D eigenvalue weighted by atomic mass is 35.5. The van der Waals surface area contributed by atoms with E-state index in [1.807, 2.05) is 19.9 Å². The van der Waals surface area contributed by atoms with Crippen molar-refractivity contribution < 1.29 is 13.2 Å². The summed E-state index contributed by atoms with van der Waals surface area (Å²) in [4.78, 5) is 0. The van der Waals surface area contributed by atoms with Crippen molar-refractivity contribution in [3.63, 3.8) is 0 Å². The summed E-state index contributed by atoms with van der Waals surface area (Å²) in [5.41, 5.74) is 1.29. The SMILES string of the molecule is CCn1nc(C)cc1CNc1cc(C(F)(F)F)ccc1Cl. The Morgan fingerprint density at radius 3 is 2.62 bits per heavy atom. The first-order valence-electron chi connectivity index (χ1n) is 6.45. The number of halogens is 4. The number of anilines is 1. The zero-order valence-electron chi connectivity index (χ0n) is 11.6. The number of aryl methyl sites for hydroxylation is 2. The summed E-state index contributed by atoms with van der Waals surface area (Å²) in [5.74, 6) is 0. The highest BCUT2D eigenvalue weighted by Crippen LogP contribution is 2.33. The molecule has 0 radical (unpaired) electrons. The second-order valence-corrected chi connectivity index (χ2v) is 5.05. The third-order valence-corrected chi connectivity index (χ3v) is 3.37. The number of aromatic nitrogens is 2. The maximum Gasteiger partial charge on any atom is 0.416 e. The Morgan fingerprint density at radius 1 is 1.29 bits per heavy atom. The Bertz CT molecular complexity index is 635. The van der Waals surface area contributed by atoms with Gasteiger partial charge in [0.05, 0.1) is 34.2 Å². The van der Waals surface area contributed by atoms with E-state index in [2.05, 4.69) is 10.4 Å². The molecule has 0 saturated heterocycles. The Kier molecular flexibility index (Phi) is 4.46. The lowest BCUT2D eigenvalue weighted by molar-refractivity contribution is -0.137. The van der Waals surface area contributed by atoms with Gasteiger partial charge < -0.3 is 5.32 Å². The molecule has 0 bridgehead atoms. The van der Waals surface area contributed by atoms with Gasteiger partial charge in [0.25, 0.3) is 0 Å². The van der Waals surface area contributed by atoms with Crippen molar-refractivity contribution in [2.24, 2.45) is 0 Å². The zero-order valence-corrected chi connectivity index (χ0v) is 12.4. The van der Waals surface area contributed by atoms with Crippen LogP contribution in [0.15, 0.2) is 24.3 Å². The summed E-state index contributed by atoms with van der Waals surface area (Å²) in [6.45, 7) is 4.87. The molecule has 7 heteroatoms. The molecule has 0 aliphatic rings. The Hall–Kier alpha value is -1.69. The minimum absolute atomic E-state index is 0.252. The number of alkyl halides is 3. The lowest BCUT2D eigenvalue weighted by Gasteiger charge is -2.13. The van der Waals surface area contributed by atoms with Crippen molar-refractivity contribution >= 4 is 17.3 Å². The Balaban J connectivity index is 2.19. The molecule has 2 rings (SSSR count). The topological polar surface area (TPSA) is 29.9 Å². The van der Waals surface area contributed by atoms with Gasteiger partial charge in [-0.25, -0.2) is 0 Å². The first-order chi connectivity index (χ1) is 9.81. The Labute approximate surface area is 125 Å². The summed E-state index contributed by atoms with van der Waals surface area (Å²) in [6.07, 6.45) is -4.39. The van der Waals surface area contributed by atoms with Crippen molar-refractivity contribution in [1.29, 1.82) is 0 Å². The van der Waals surface area contributed by atoms with Crippen LogP contribution in [0.25, 0.3) is 0 Å². The molecule has 1 aromatic heterocycles. The summed E-state index contributed by atoms with van der Waals surface area (Å²) < 4.78 is 39.9. The number of benzene rings is 1. The first-order valence-corrected chi connectivity index (χ1v) is 6.83. The van der Waals surface area contributed by atoms with Crippen LogP contribution < -0.4 is 5.32 Å². The zero-order chi connectivity index (χ0) is 15.6. The van der Waals surface area contributed by atoms with E-state index in [1.165, 1.54) is 6.07 Å². The lowest BCUT2D eigenvalue weighted by Crippen LogP contribution is -2.10. The summed E-state index contributed by atoms with van der Waals surface area (Å²) in [7, 11) is 0. The van der Waals surface area contributed by atoms with Crippen LogP contribution in [-0.2, 0) is 19.3 Å². The van der Waals surface area contributed by atoms with Crippen LogP contribution in [0.5, 0.6) is 0 Å². The molecule has 1 heterocycles. The van der Waals surface area contributed by atoms with E-state index in [1.54, 1.807) is 4.68 Å². The predicted octanol–water partition coefficient (Wildman–Crippen LogP) is 4.50. The Morgan fingerprint density at radius 2 is 2.00 bits per heavy atom. The van der Waals surface area contributed by atoms with Crippen molar-refractivity contribution in [2.45, 2.75) is 33.1 Å². The van der Waals surface area contributed by atoms with Gasteiger partial charge in [0, 0.05) is 6.54 Å². The van der Waals surface area contributed by atoms with Crippen LogP contribution in [0.1, 0.15) is 23.9 Å². The van der Waals surface area contributed by atoms with Crippen LogP contribution in [0.3, 0.4) is 0 Å². The molecule has 0 amide bonds. The summed E-state index contributed by atoms with van der Waals surface area (Å²) in [6, 6.07) is 5.11. The average molecular weight is 318 g/mol. The maximum absolute atomic E-state index is 12.7. The first kappa shape index (κ1) is 15.7. The van der Waals surface area contributed by atoms with Crippen molar-refractivity contribution in [3.05, 3.63) is 46.2 Å². The maximum atomic E-state index is 12.7. The van der Waals surface area contributed by atoms with Crippen LogP contribution in [0, 0.1) is 6.92 Å². The molecule has 0 unspecified atom stereocenters. The standard InChI is InChI=1S/C14H15ClF3N3/c1-3-21-11(6-9(2)20-21)8-19-13-7-10(14(16,17)18)4-5-12(13)15/h4-7,19H,3,8H2,1-2H3. The normalized spacial score (nSPS) is 11.7. The average Bonchev–Trinajstić information content (AvgIpc) is 2.76. The molecule has 0 aliphatic heterocycles. The molecular weight excluding hydrogens is 303 g/mol. The molecule has 0 atom stereocenters. The van der Waals surface area contributed by atoms with Crippen molar-refractivity contribution in [2.75, 3.05) is 5.32 Å². The number of rotatable bonds is 4. The third kappa shape index (κ3) is 3.69. The molecular formula is C14H15ClF3N3. The highest BCUT2D eigenvalue weighted by Gasteiger charge is 2.30. The van der Waals surface area contributed by atoms with E-state index in [0.717, 1.165) is 23.5 Å². The van der Waals surface area contributed by atoms with E-state index in [9.17, 15) is 13.2 Å². The largest absolute Gasteiger partial charge is 0.416 e. The van der Waals surface area contributed by atoms with Gasteiger partial charge in [-0.2, -0.15) is 18.3 Å². The minimum Gasteiger partial charge on any atom is -0.378 e. The summed E-state index contributed by atoms with van der Waals surface area (Å²) >= 11 is 5.94. The van der Waals surface area contributed by atoms with Crippen molar-refractivity contribution in [1.82, 2.24) is 9.78 Å². The number of nitrogens with zero attached hydrogens (tertiary/aromatic N) is 2. The third-order valence-electron chi connectivity index (χ3n) is 3.04. The second-order valence-electron chi connectivity index (χ2n) is 4.64. The quantitative estimate of drug-likeness (QED) is 0.900. The van der Waals surface area contributed by atoms with Gasteiger partial charge in [-0.1, -0.05) is 11.6 Å². The predicted molar refractivity (Wildman–Crippen MR) is 76.4 cm³/mol. The van der Waals surface area contributed by atoms with Crippen molar-refractivity contribution in [3.8, 4) is 0 Å². The molecule has 0 spiro atoms. The van der Waals surface area contributed by atoms with Gasteiger partial charge >= 0.3 is 6.18 Å². The fourth-order valence-corrected chi connectivity index (χ4v) is 2.22.